The number of hydrogen-bond acceptors (Lipinski definition) is 2. The second kappa shape index (κ2) is 4.53. The van der Waals surface area contributed by atoms with Crippen LogP contribution in [0.5, 0.6) is 0 Å². The molecule has 0 aliphatic heterocycles. The van der Waals surface area contributed by atoms with E-state index in [0.717, 1.165) is 35.5 Å². The lowest BCUT2D eigenvalue weighted by Crippen LogP contribution is -2.06. The first kappa shape index (κ1) is 12.0. The minimum Gasteiger partial charge on any atom is -0.342 e. The monoisotopic (exact) mass is 254 g/mol. The molecule has 4 heteroatoms. The van der Waals surface area contributed by atoms with E-state index in [1.54, 1.807) is 0 Å². The summed E-state index contributed by atoms with van der Waals surface area (Å²) in [5, 5.41) is 4.47. The van der Waals surface area contributed by atoms with E-state index < -0.39 is 0 Å². The average molecular weight is 254 g/mol. The summed E-state index contributed by atoms with van der Waals surface area (Å²) >= 11 is 0. The smallest absolute Gasteiger partial charge is 0.109 e. The fraction of sp³-hybridized carbons (Fsp3) is 0.333. The van der Waals surface area contributed by atoms with Crippen molar-refractivity contribution in [1.29, 1.82) is 0 Å². The number of hydrogen-bond donors (Lipinski definition) is 1. The number of nitrogens with one attached hydrogen (secondary N) is 1. The lowest BCUT2D eigenvalue weighted by molar-refractivity contribution is 0.584. The van der Waals surface area contributed by atoms with Crippen LogP contribution in [0, 0.1) is 20.8 Å². The molecular weight excluding hydrogens is 236 g/mol. The van der Waals surface area contributed by atoms with E-state index in [9.17, 15) is 0 Å². The molecule has 0 amide bonds. The van der Waals surface area contributed by atoms with Crippen LogP contribution in [0.25, 0.3) is 11.0 Å². The maximum atomic E-state index is 4.67. The Morgan fingerprint density at radius 3 is 2.74 bits per heavy atom. The van der Waals surface area contributed by atoms with Gasteiger partial charge in [0.05, 0.1) is 16.7 Å². The molecule has 0 fully saturated rings. The molecule has 2 heterocycles. The molecule has 0 aliphatic rings. The van der Waals surface area contributed by atoms with Gasteiger partial charge >= 0.3 is 0 Å². The summed E-state index contributed by atoms with van der Waals surface area (Å²) in [5.74, 6) is 1.02. The van der Waals surface area contributed by atoms with E-state index in [1.807, 2.05) is 11.6 Å². The predicted molar refractivity (Wildman–Crippen MR) is 76.2 cm³/mol. The number of benzene rings is 1. The third kappa shape index (κ3) is 2.26. The van der Waals surface area contributed by atoms with Crippen molar-refractivity contribution in [1.82, 2.24) is 19.7 Å². The summed E-state index contributed by atoms with van der Waals surface area (Å²) in [6, 6.07) is 8.32. The zero-order valence-electron chi connectivity index (χ0n) is 11.6. The van der Waals surface area contributed by atoms with Crippen LogP contribution in [0.1, 0.15) is 22.8 Å². The van der Waals surface area contributed by atoms with Gasteiger partial charge < -0.3 is 4.98 Å². The number of nitrogens with zero attached hydrogens (tertiary/aromatic N) is 3. The standard InChI is InChI=1S/C15H18N4/c1-10-5-4-6-13-15(10)17-14(16-13)7-8-19-12(3)9-11(2)18-19/h4-6,9H,7-8H2,1-3H3,(H,16,17). The molecule has 19 heavy (non-hydrogen) atoms. The second-order valence-corrected chi connectivity index (χ2v) is 5.05. The Morgan fingerprint density at radius 1 is 1.21 bits per heavy atom. The van der Waals surface area contributed by atoms with Crippen molar-refractivity contribution in [3.05, 3.63) is 47.0 Å². The lowest BCUT2D eigenvalue weighted by atomic mass is 10.2. The van der Waals surface area contributed by atoms with Gasteiger partial charge in [0, 0.05) is 18.7 Å². The van der Waals surface area contributed by atoms with E-state index >= 15 is 0 Å². The molecule has 3 aromatic rings. The molecule has 0 radical (unpaired) electrons. The van der Waals surface area contributed by atoms with Crippen molar-refractivity contribution < 1.29 is 0 Å². The molecule has 2 aromatic heterocycles. The third-order valence-corrected chi connectivity index (χ3v) is 3.43. The first-order chi connectivity index (χ1) is 9.13. The summed E-state index contributed by atoms with van der Waals surface area (Å²) in [5.41, 5.74) is 5.67. The number of aryl methyl sites for hydroxylation is 5. The van der Waals surface area contributed by atoms with Crippen LogP contribution >= 0.6 is 0 Å². The predicted octanol–water partition coefficient (Wildman–Crippen LogP) is 2.93. The van der Waals surface area contributed by atoms with Gasteiger partial charge in [0.15, 0.2) is 0 Å². The van der Waals surface area contributed by atoms with Gasteiger partial charge in [-0.25, -0.2) is 4.98 Å². The highest BCUT2D eigenvalue weighted by molar-refractivity contribution is 5.78. The molecule has 3 rings (SSSR count). The summed E-state index contributed by atoms with van der Waals surface area (Å²) < 4.78 is 2.04. The molecule has 4 nitrogen and oxygen atoms in total. The normalized spacial score (nSPS) is 11.3. The lowest BCUT2D eigenvalue weighted by Gasteiger charge is -2.01. The number of H-pyrrole nitrogens is 1. The minimum atomic E-state index is 0.860. The SMILES string of the molecule is Cc1cc(C)n(CCc2nc3c(C)cccc3[nH]2)n1. The van der Waals surface area contributed by atoms with Crippen LogP contribution in [0.15, 0.2) is 24.3 Å². The maximum absolute atomic E-state index is 4.67. The van der Waals surface area contributed by atoms with Gasteiger partial charge in [-0.05, 0) is 38.5 Å². The Hall–Kier alpha value is -2.10. The zero-order valence-corrected chi connectivity index (χ0v) is 11.6. The first-order valence-electron chi connectivity index (χ1n) is 6.59. The highest BCUT2D eigenvalue weighted by Crippen LogP contribution is 2.16. The largest absolute Gasteiger partial charge is 0.342 e. The molecule has 0 atom stereocenters. The Labute approximate surface area is 112 Å². The molecule has 0 spiro atoms. The Bertz CT molecular complexity index is 721. The molecular formula is C15H18N4. The van der Waals surface area contributed by atoms with E-state index in [2.05, 4.69) is 53.2 Å². The molecule has 0 saturated heterocycles. The van der Waals surface area contributed by atoms with E-state index in [4.69, 9.17) is 0 Å². The molecule has 98 valence electrons. The third-order valence-electron chi connectivity index (χ3n) is 3.43. The quantitative estimate of drug-likeness (QED) is 0.781. The number of imidazole rings is 1. The van der Waals surface area contributed by atoms with Crippen molar-refractivity contribution in [2.75, 3.05) is 0 Å². The zero-order chi connectivity index (χ0) is 13.4. The number of rotatable bonds is 3. The number of aromatic nitrogens is 4. The van der Waals surface area contributed by atoms with Gasteiger partial charge in [-0.3, -0.25) is 4.68 Å². The summed E-state index contributed by atoms with van der Waals surface area (Å²) in [6.07, 6.45) is 0.871. The van der Waals surface area contributed by atoms with Crippen LogP contribution in [-0.4, -0.2) is 19.7 Å². The van der Waals surface area contributed by atoms with Gasteiger partial charge in [0.2, 0.25) is 0 Å². The molecule has 0 unspecified atom stereocenters. The Morgan fingerprint density at radius 2 is 2.05 bits per heavy atom. The fourth-order valence-electron chi connectivity index (χ4n) is 2.46. The van der Waals surface area contributed by atoms with Crippen molar-refractivity contribution >= 4 is 11.0 Å². The Kier molecular flexibility index (Phi) is 2.85. The van der Waals surface area contributed by atoms with Crippen LogP contribution in [0.4, 0.5) is 0 Å². The van der Waals surface area contributed by atoms with Crippen molar-refractivity contribution in [3.8, 4) is 0 Å². The van der Waals surface area contributed by atoms with Crippen LogP contribution in [-0.2, 0) is 13.0 Å². The highest BCUT2D eigenvalue weighted by atomic mass is 15.3. The Balaban J connectivity index is 1.82. The first-order valence-corrected chi connectivity index (χ1v) is 6.59. The van der Waals surface area contributed by atoms with Gasteiger partial charge in [0.1, 0.15) is 5.82 Å². The second-order valence-electron chi connectivity index (χ2n) is 5.05. The molecule has 1 N–H and O–H groups in total. The van der Waals surface area contributed by atoms with Gasteiger partial charge in [-0.1, -0.05) is 12.1 Å². The average Bonchev–Trinajstić information content (AvgIpc) is 2.91. The number of aromatic amines is 1. The van der Waals surface area contributed by atoms with Crippen molar-refractivity contribution in [2.45, 2.75) is 33.7 Å². The van der Waals surface area contributed by atoms with Crippen molar-refractivity contribution in [3.63, 3.8) is 0 Å². The number of fused-ring (bicyclic) bond motifs is 1. The minimum absolute atomic E-state index is 0.860. The van der Waals surface area contributed by atoms with E-state index in [1.165, 1.54) is 11.3 Å². The molecule has 0 aliphatic carbocycles. The van der Waals surface area contributed by atoms with Gasteiger partial charge in [-0.15, -0.1) is 0 Å². The summed E-state index contributed by atoms with van der Waals surface area (Å²) in [7, 11) is 0. The van der Waals surface area contributed by atoms with Crippen LogP contribution < -0.4 is 0 Å². The summed E-state index contributed by atoms with van der Waals surface area (Å²) in [6.45, 7) is 7.06. The molecule has 0 bridgehead atoms. The number of para-hydroxylation sites is 1. The van der Waals surface area contributed by atoms with Gasteiger partial charge in [0.25, 0.3) is 0 Å². The van der Waals surface area contributed by atoms with Gasteiger partial charge in [-0.2, -0.15) is 5.10 Å². The van der Waals surface area contributed by atoms with Crippen LogP contribution in [0.3, 0.4) is 0 Å². The topological polar surface area (TPSA) is 46.5 Å². The fourth-order valence-corrected chi connectivity index (χ4v) is 2.46. The maximum Gasteiger partial charge on any atom is 0.109 e. The van der Waals surface area contributed by atoms with E-state index in [-0.39, 0.29) is 0 Å². The van der Waals surface area contributed by atoms with Crippen molar-refractivity contribution in [2.24, 2.45) is 0 Å². The van der Waals surface area contributed by atoms with E-state index in [0.29, 0.717) is 0 Å². The van der Waals surface area contributed by atoms with Crippen LogP contribution in [0.2, 0.25) is 0 Å². The summed E-state index contributed by atoms with van der Waals surface area (Å²) in [4.78, 5) is 8.05. The highest BCUT2D eigenvalue weighted by Gasteiger charge is 2.06. The molecule has 1 aromatic carbocycles. The molecule has 0 saturated carbocycles.